The van der Waals surface area contributed by atoms with Crippen LogP contribution in [0.15, 0.2) is 42.5 Å². The zero-order chi connectivity index (χ0) is 14.1. The van der Waals surface area contributed by atoms with Crippen molar-refractivity contribution in [3.8, 4) is 11.4 Å². The Kier molecular flexibility index (Phi) is 3.32. The lowest BCUT2D eigenvalue weighted by molar-refractivity contribution is 0.415. The topological polar surface area (TPSA) is 27.1 Å². The number of methoxy groups -OCH3 is 1. The van der Waals surface area contributed by atoms with E-state index in [1.54, 1.807) is 19.2 Å². The van der Waals surface area contributed by atoms with Gasteiger partial charge >= 0.3 is 0 Å². The van der Waals surface area contributed by atoms with E-state index >= 15 is 0 Å². The Hall–Kier alpha value is -2.07. The van der Waals surface area contributed by atoms with Gasteiger partial charge in [-0.15, -0.1) is 11.6 Å². The Morgan fingerprint density at radius 2 is 1.95 bits per heavy atom. The van der Waals surface area contributed by atoms with Crippen molar-refractivity contribution in [3.63, 3.8) is 0 Å². The largest absolute Gasteiger partial charge is 0.497 e. The Morgan fingerprint density at radius 3 is 2.60 bits per heavy atom. The van der Waals surface area contributed by atoms with E-state index < -0.39 is 0 Å². The summed E-state index contributed by atoms with van der Waals surface area (Å²) in [6, 6.07) is 11.9. The van der Waals surface area contributed by atoms with E-state index in [1.807, 2.05) is 22.8 Å². The van der Waals surface area contributed by atoms with E-state index in [4.69, 9.17) is 16.3 Å². The molecular weight excluding hydrogens is 279 g/mol. The van der Waals surface area contributed by atoms with Crippen LogP contribution in [0.3, 0.4) is 0 Å². The molecule has 0 radical (unpaired) electrons. The maximum absolute atomic E-state index is 13.1. The second-order valence-electron chi connectivity index (χ2n) is 4.33. The van der Waals surface area contributed by atoms with Crippen LogP contribution in [0.25, 0.3) is 16.7 Å². The second-order valence-corrected chi connectivity index (χ2v) is 4.60. The van der Waals surface area contributed by atoms with Crippen molar-refractivity contribution in [3.05, 3.63) is 54.1 Å². The molecule has 102 valence electrons. The normalized spacial score (nSPS) is 10.9. The molecule has 0 spiro atoms. The third-order valence-electron chi connectivity index (χ3n) is 3.14. The molecule has 0 N–H and O–H groups in total. The second kappa shape index (κ2) is 5.13. The molecule has 1 heterocycles. The molecule has 0 aliphatic carbocycles. The number of benzene rings is 2. The lowest BCUT2D eigenvalue weighted by Crippen LogP contribution is -1.99. The van der Waals surface area contributed by atoms with Crippen LogP contribution in [-0.2, 0) is 5.88 Å². The van der Waals surface area contributed by atoms with E-state index in [0.29, 0.717) is 5.82 Å². The standard InChI is InChI=1S/C15H12ClFN2O/c1-20-12-6-7-14-13(8-12)18-15(9-16)19(14)11-4-2-10(17)3-5-11/h2-8H,9H2,1H3. The average Bonchev–Trinajstić information content (AvgIpc) is 2.85. The fourth-order valence-electron chi connectivity index (χ4n) is 2.20. The first kappa shape index (κ1) is 12.9. The summed E-state index contributed by atoms with van der Waals surface area (Å²) in [5.41, 5.74) is 2.53. The SMILES string of the molecule is COc1ccc2c(c1)nc(CCl)n2-c1ccc(F)cc1. The van der Waals surface area contributed by atoms with Crippen molar-refractivity contribution in [2.45, 2.75) is 5.88 Å². The van der Waals surface area contributed by atoms with Gasteiger partial charge in [-0.3, -0.25) is 4.57 Å². The summed E-state index contributed by atoms with van der Waals surface area (Å²) in [6.45, 7) is 0. The molecule has 20 heavy (non-hydrogen) atoms. The predicted octanol–water partition coefficient (Wildman–Crippen LogP) is 3.91. The molecule has 0 saturated carbocycles. The number of halogens is 2. The number of alkyl halides is 1. The van der Waals surface area contributed by atoms with Gasteiger partial charge < -0.3 is 4.74 Å². The lowest BCUT2D eigenvalue weighted by atomic mass is 10.2. The number of hydrogen-bond donors (Lipinski definition) is 0. The summed E-state index contributed by atoms with van der Waals surface area (Å²) in [6.07, 6.45) is 0. The van der Waals surface area contributed by atoms with Crippen LogP contribution in [-0.4, -0.2) is 16.7 Å². The highest BCUT2D eigenvalue weighted by Gasteiger charge is 2.12. The highest BCUT2D eigenvalue weighted by molar-refractivity contribution is 6.17. The van der Waals surface area contributed by atoms with Gasteiger partial charge in [0.05, 0.1) is 24.0 Å². The molecule has 3 rings (SSSR count). The van der Waals surface area contributed by atoms with Crippen LogP contribution >= 0.6 is 11.6 Å². The molecule has 5 heteroatoms. The summed E-state index contributed by atoms with van der Waals surface area (Å²) in [7, 11) is 1.61. The lowest BCUT2D eigenvalue weighted by Gasteiger charge is -2.07. The van der Waals surface area contributed by atoms with Crippen LogP contribution in [0, 0.1) is 5.82 Å². The Bertz CT molecular complexity index is 752. The molecule has 0 bridgehead atoms. The number of aromatic nitrogens is 2. The van der Waals surface area contributed by atoms with Crippen molar-refractivity contribution >= 4 is 22.6 Å². The van der Waals surface area contributed by atoms with Crippen LogP contribution in [0.5, 0.6) is 5.75 Å². The van der Waals surface area contributed by atoms with Crippen LogP contribution in [0.4, 0.5) is 4.39 Å². The number of ether oxygens (including phenoxy) is 1. The van der Waals surface area contributed by atoms with E-state index in [-0.39, 0.29) is 11.7 Å². The smallest absolute Gasteiger partial charge is 0.129 e. The van der Waals surface area contributed by atoms with Gasteiger partial charge in [0, 0.05) is 11.8 Å². The van der Waals surface area contributed by atoms with Crippen molar-refractivity contribution in [1.82, 2.24) is 9.55 Å². The van der Waals surface area contributed by atoms with E-state index in [0.717, 1.165) is 22.5 Å². The average molecular weight is 291 g/mol. The van der Waals surface area contributed by atoms with Crippen LogP contribution in [0.2, 0.25) is 0 Å². The molecule has 3 nitrogen and oxygen atoms in total. The van der Waals surface area contributed by atoms with Crippen molar-refractivity contribution in [1.29, 1.82) is 0 Å². The van der Waals surface area contributed by atoms with Gasteiger partial charge in [-0.25, -0.2) is 9.37 Å². The van der Waals surface area contributed by atoms with Crippen molar-refractivity contribution in [2.24, 2.45) is 0 Å². The van der Waals surface area contributed by atoms with Gasteiger partial charge in [0.1, 0.15) is 17.4 Å². The van der Waals surface area contributed by atoms with Gasteiger partial charge in [0.15, 0.2) is 0 Å². The molecule has 0 atom stereocenters. The first-order valence-corrected chi connectivity index (χ1v) is 6.63. The summed E-state index contributed by atoms with van der Waals surface area (Å²) >= 11 is 5.97. The summed E-state index contributed by atoms with van der Waals surface area (Å²) < 4.78 is 20.2. The molecule has 2 aromatic carbocycles. The van der Waals surface area contributed by atoms with Gasteiger partial charge in [-0.05, 0) is 36.4 Å². The van der Waals surface area contributed by atoms with Crippen LogP contribution < -0.4 is 4.74 Å². The summed E-state index contributed by atoms with van der Waals surface area (Å²) in [4.78, 5) is 4.50. The molecule has 3 aromatic rings. The third-order valence-corrected chi connectivity index (χ3v) is 3.37. The fourth-order valence-corrected chi connectivity index (χ4v) is 2.38. The minimum absolute atomic E-state index is 0.271. The van der Waals surface area contributed by atoms with Gasteiger partial charge in [-0.2, -0.15) is 0 Å². The van der Waals surface area contributed by atoms with Crippen molar-refractivity contribution < 1.29 is 9.13 Å². The number of hydrogen-bond acceptors (Lipinski definition) is 2. The molecule has 0 amide bonds. The van der Waals surface area contributed by atoms with Crippen LogP contribution in [0.1, 0.15) is 5.82 Å². The van der Waals surface area contributed by atoms with E-state index in [9.17, 15) is 4.39 Å². The zero-order valence-corrected chi connectivity index (χ0v) is 11.6. The van der Waals surface area contributed by atoms with Gasteiger partial charge in [0.2, 0.25) is 0 Å². The first-order chi connectivity index (χ1) is 9.72. The Balaban J connectivity index is 2.25. The highest BCUT2D eigenvalue weighted by Crippen LogP contribution is 2.26. The number of rotatable bonds is 3. The van der Waals surface area contributed by atoms with Crippen molar-refractivity contribution in [2.75, 3.05) is 7.11 Å². The van der Waals surface area contributed by atoms with Gasteiger partial charge in [0.25, 0.3) is 0 Å². The summed E-state index contributed by atoms with van der Waals surface area (Å²) in [5, 5.41) is 0. The highest BCUT2D eigenvalue weighted by atomic mass is 35.5. The van der Waals surface area contributed by atoms with Gasteiger partial charge in [-0.1, -0.05) is 0 Å². The quantitative estimate of drug-likeness (QED) is 0.684. The van der Waals surface area contributed by atoms with E-state index in [2.05, 4.69) is 4.98 Å². The van der Waals surface area contributed by atoms with E-state index in [1.165, 1.54) is 12.1 Å². The number of fused-ring (bicyclic) bond motifs is 1. The minimum atomic E-state index is -0.271. The minimum Gasteiger partial charge on any atom is -0.497 e. The fraction of sp³-hybridized carbons (Fsp3) is 0.133. The Labute approximate surface area is 120 Å². The number of imidazole rings is 1. The molecule has 0 saturated heterocycles. The molecule has 1 aromatic heterocycles. The number of nitrogens with zero attached hydrogens (tertiary/aromatic N) is 2. The maximum Gasteiger partial charge on any atom is 0.129 e. The monoisotopic (exact) mass is 290 g/mol. The third kappa shape index (κ3) is 2.12. The Morgan fingerprint density at radius 1 is 1.20 bits per heavy atom. The molecule has 0 aliphatic heterocycles. The molecule has 0 unspecified atom stereocenters. The molecule has 0 aliphatic rings. The predicted molar refractivity (Wildman–Crippen MR) is 77.1 cm³/mol. The first-order valence-electron chi connectivity index (χ1n) is 6.10. The molecule has 0 fully saturated rings. The summed E-state index contributed by atoms with van der Waals surface area (Å²) in [5.74, 6) is 1.45. The molecular formula is C15H12ClFN2O. The maximum atomic E-state index is 13.1. The zero-order valence-electron chi connectivity index (χ0n) is 10.8.